The molecule has 0 unspecified atom stereocenters. The first-order chi connectivity index (χ1) is 5.27. The molecule has 0 N–H and O–H groups in total. The van der Waals surface area contributed by atoms with Crippen LogP contribution >= 0.6 is 11.8 Å². The van der Waals surface area contributed by atoms with Gasteiger partial charge in [-0.25, -0.2) is 0 Å². The van der Waals surface area contributed by atoms with Crippen molar-refractivity contribution in [1.29, 1.82) is 0 Å². The predicted octanol–water partition coefficient (Wildman–Crippen LogP) is 3.90. The molecule has 0 saturated heterocycles. The van der Waals surface area contributed by atoms with Crippen molar-refractivity contribution in [2.75, 3.05) is 0 Å². The third-order valence-electron chi connectivity index (χ3n) is 0.874. The highest BCUT2D eigenvalue weighted by molar-refractivity contribution is 8.05. The Balaban J connectivity index is 3.51. The van der Waals surface area contributed by atoms with Crippen molar-refractivity contribution in [3.8, 4) is 0 Å². The van der Waals surface area contributed by atoms with Gasteiger partial charge in [0.15, 0.2) is 0 Å². The van der Waals surface area contributed by atoms with Crippen molar-refractivity contribution < 1.29 is 0 Å². The summed E-state index contributed by atoms with van der Waals surface area (Å²) < 4.78 is 0. The van der Waals surface area contributed by atoms with E-state index >= 15 is 0 Å². The molecule has 0 fully saturated rings. The molecule has 0 nitrogen and oxygen atoms in total. The summed E-state index contributed by atoms with van der Waals surface area (Å²) in [6, 6.07) is 0. The number of rotatable bonds is 4. The second-order valence-electron chi connectivity index (χ2n) is 2.06. The highest BCUT2D eigenvalue weighted by Gasteiger charge is 1.75. The van der Waals surface area contributed by atoms with Gasteiger partial charge in [0.1, 0.15) is 0 Å². The number of hydrogen-bond donors (Lipinski definition) is 0. The standard InChI is InChI=1S/C10H14S/c1-4-5-6-7-8-9-11-10(2)3/h4-9H,2H2,1,3H3/b5-4-,7-6-,9-8+. The maximum atomic E-state index is 3.76. The quantitative estimate of drug-likeness (QED) is 0.571. The summed E-state index contributed by atoms with van der Waals surface area (Å²) in [5, 5.41) is 2.02. The maximum absolute atomic E-state index is 3.76. The van der Waals surface area contributed by atoms with Crippen LogP contribution in [0.1, 0.15) is 13.8 Å². The fourth-order valence-corrected chi connectivity index (χ4v) is 0.842. The minimum atomic E-state index is 1.11. The van der Waals surface area contributed by atoms with Crippen LogP contribution in [0, 0.1) is 0 Å². The summed E-state index contributed by atoms with van der Waals surface area (Å²) in [4.78, 5) is 1.11. The van der Waals surface area contributed by atoms with Crippen molar-refractivity contribution in [2.24, 2.45) is 0 Å². The molecule has 0 radical (unpaired) electrons. The summed E-state index contributed by atoms with van der Waals surface area (Å²) in [7, 11) is 0. The highest BCUT2D eigenvalue weighted by atomic mass is 32.2. The van der Waals surface area contributed by atoms with Crippen molar-refractivity contribution >= 4 is 11.8 Å². The molecule has 0 saturated carbocycles. The van der Waals surface area contributed by atoms with Crippen LogP contribution in [-0.4, -0.2) is 0 Å². The molecule has 60 valence electrons. The van der Waals surface area contributed by atoms with Crippen molar-refractivity contribution in [1.82, 2.24) is 0 Å². The first-order valence-corrected chi connectivity index (χ1v) is 4.42. The van der Waals surface area contributed by atoms with E-state index in [4.69, 9.17) is 0 Å². The Morgan fingerprint density at radius 1 is 1.18 bits per heavy atom. The van der Waals surface area contributed by atoms with E-state index in [1.807, 2.05) is 49.6 Å². The lowest BCUT2D eigenvalue weighted by atomic mass is 10.4. The van der Waals surface area contributed by atoms with Gasteiger partial charge in [-0.3, -0.25) is 0 Å². The summed E-state index contributed by atoms with van der Waals surface area (Å²) in [5.74, 6) is 0. The van der Waals surface area contributed by atoms with Crippen LogP contribution in [0.15, 0.2) is 47.3 Å². The molecule has 0 bridgehead atoms. The van der Waals surface area contributed by atoms with E-state index in [9.17, 15) is 0 Å². The normalized spacial score (nSPS) is 12.2. The smallest absolute Gasteiger partial charge is 0.0211 e. The van der Waals surface area contributed by atoms with E-state index in [-0.39, 0.29) is 0 Å². The molecule has 0 aromatic heterocycles. The third-order valence-corrected chi connectivity index (χ3v) is 1.57. The van der Waals surface area contributed by atoms with Crippen LogP contribution in [0.2, 0.25) is 0 Å². The largest absolute Gasteiger partial charge is 0.103 e. The predicted molar refractivity (Wildman–Crippen MR) is 55.5 cm³/mol. The van der Waals surface area contributed by atoms with Gasteiger partial charge in [0.2, 0.25) is 0 Å². The van der Waals surface area contributed by atoms with Crippen LogP contribution < -0.4 is 0 Å². The lowest BCUT2D eigenvalue weighted by molar-refractivity contribution is 1.73. The van der Waals surface area contributed by atoms with E-state index in [2.05, 4.69) is 6.58 Å². The van der Waals surface area contributed by atoms with E-state index in [1.165, 1.54) is 0 Å². The minimum absolute atomic E-state index is 1.11. The van der Waals surface area contributed by atoms with Crippen molar-refractivity contribution in [3.05, 3.63) is 47.3 Å². The fourth-order valence-electron chi connectivity index (χ4n) is 0.440. The lowest BCUT2D eigenvalue weighted by Gasteiger charge is -1.85. The van der Waals surface area contributed by atoms with Gasteiger partial charge in [0.25, 0.3) is 0 Å². The molecule has 1 heteroatoms. The Kier molecular flexibility index (Phi) is 6.95. The Morgan fingerprint density at radius 3 is 2.36 bits per heavy atom. The van der Waals surface area contributed by atoms with Gasteiger partial charge in [-0.1, -0.05) is 37.0 Å². The average Bonchev–Trinajstić information content (AvgIpc) is 1.96. The SMILES string of the molecule is C=C(C)S/C=C/C=C\C=C/C. The lowest BCUT2D eigenvalue weighted by Crippen LogP contribution is -1.54. The van der Waals surface area contributed by atoms with Crippen LogP contribution in [0.25, 0.3) is 0 Å². The number of hydrogen-bond acceptors (Lipinski definition) is 1. The van der Waals surface area contributed by atoms with Crippen LogP contribution in [0.5, 0.6) is 0 Å². The summed E-state index contributed by atoms with van der Waals surface area (Å²) >= 11 is 1.64. The molecule has 0 heterocycles. The molecule has 0 atom stereocenters. The fraction of sp³-hybridized carbons (Fsp3) is 0.200. The zero-order valence-electron chi connectivity index (χ0n) is 7.08. The summed E-state index contributed by atoms with van der Waals surface area (Å²) in [5.41, 5.74) is 0. The summed E-state index contributed by atoms with van der Waals surface area (Å²) in [6.45, 7) is 7.75. The number of thioether (sulfide) groups is 1. The molecule has 0 aromatic rings. The van der Waals surface area contributed by atoms with Crippen LogP contribution in [0.3, 0.4) is 0 Å². The molecular formula is C10H14S. The second kappa shape index (κ2) is 7.42. The second-order valence-corrected chi connectivity index (χ2v) is 3.26. The molecule has 0 rings (SSSR count). The van der Waals surface area contributed by atoms with Gasteiger partial charge in [0.05, 0.1) is 0 Å². The van der Waals surface area contributed by atoms with Gasteiger partial charge in [-0.05, 0) is 24.2 Å². The minimum Gasteiger partial charge on any atom is -0.103 e. The van der Waals surface area contributed by atoms with Gasteiger partial charge in [0, 0.05) is 0 Å². The van der Waals surface area contributed by atoms with Crippen molar-refractivity contribution in [3.63, 3.8) is 0 Å². The maximum Gasteiger partial charge on any atom is -0.0211 e. The van der Waals surface area contributed by atoms with Gasteiger partial charge in [-0.2, -0.15) is 0 Å². The molecule has 0 aromatic carbocycles. The average molecular weight is 166 g/mol. The molecule has 0 aliphatic rings. The van der Waals surface area contributed by atoms with Gasteiger partial charge < -0.3 is 0 Å². The van der Waals surface area contributed by atoms with E-state index in [0.717, 1.165) is 4.91 Å². The molecule has 0 aliphatic heterocycles. The topological polar surface area (TPSA) is 0 Å². The summed E-state index contributed by atoms with van der Waals surface area (Å²) in [6.07, 6.45) is 9.98. The van der Waals surface area contributed by atoms with Gasteiger partial charge in [-0.15, -0.1) is 11.8 Å². The Hall–Kier alpha value is -0.690. The highest BCUT2D eigenvalue weighted by Crippen LogP contribution is 2.12. The molecule has 0 aliphatic carbocycles. The zero-order valence-corrected chi connectivity index (χ0v) is 7.90. The Morgan fingerprint density at radius 2 is 1.82 bits per heavy atom. The van der Waals surface area contributed by atoms with E-state index in [1.54, 1.807) is 11.8 Å². The first kappa shape index (κ1) is 10.3. The first-order valence-electron chi connectivity index (χ1n) is 3.54. The van der Waals surface area contributed by atoms with Crippen LogP contribution in [0.4, 0.5) is 0 Å². The Bertz CT molecular complexity index is 185. The Labute approximate surface area is 73.4 Å². The van der Waals surface area contributed by atoms with Crippen molar-refractivity contribution in [2.45, 2.75) is 13.8 Å². The monoisotopic (exact) mass is 166 g/mol. The van der Waals surface area contributed by atoms with E-state index < -0.39 is 0 Å². The molecular weight excluding hydrogens is 152 g/mol. The third kappa shape index (κ3) is 9.31. The molecule has 0 spiro atoms. The number of allylic oxidation sites excluding steroid dienone is 6. The van der Waals surface area contributed by atoms with E-state index in [0.29, 0.717) is 0 Å². The zero-order chi connectivity index (χ0) is 8.53. The van der Waals surface area contributed by atoms with Crippen LogP contribution in [-0.2, 0) is 0 Å². The molecule has 11 heavy (non-hydrogen) atoms. The molecule has 0 amide bonds. The van der Waals surface area contributed by atoms with Gasteiger partial charge >= 0.3 is 0 Å².